The smallest absolute Gasteiger partial charge is 0.338 e. The number of rotatable bonds is 11. The van der Waals surface area contributed by atoms with Gasteiger partial charge in [-0.15, -0.1) is 19.3 Å². The van der Waals surface area contributed by atoms with Crippen molar-refractivity contribution in [2.75, 3.05) is 19.8 Å². The molecular formula is C21H18O9S. The van der Waals surface area contributed by atoms with Crippen molar-refractivity contribution in [3.05, 3.63) is 30.3 Å². The first-order valence-electron chi connectivity index (χ1n) is 8.54. The van der Waals surface area contributed by atoms with Gasteiger partial charge in [0.05, 0.1) is 11.3 Å². The maximum Gasteiger partial charge on any atom is 0.338 e. The van der Waals surface area contributed by atoms with Crippen LogP contribution >= 0.6 is 0 Å². The Hall–Kier alpha value is -3.78. The van der Waals surface area contributed by atoms with Gasteiger partial charge >= 0.3 is 17.9 Å². The first kappa shape index (κ1) is 25.3. The first-order valence-corrected chi connectivity index (χ1v) is 9.95. The first-order chi connectivity index (χ1) is 14.8. The fraction of sp³-hybridized carbons (Fsp3) is 0.286. The summed E-state index contributed by atoms with van der Waals surface area (Å²) in [4.78, 5) is 36.7. The number of hydrogen-bond donors (Lipinski definition) is 0. The van der Waals surface area contributed by atoms with Gasteiger partial charge in [-0.3, -0.25) is 13.8 Å². The maximum atomic E-state index is 12.6. The third-order valence-electron chi connectivity index (χ3n) is 3.46. The van der Waals surface area contributed by atoms with Crippen LogP contribution in [0.2, 0.25) is 0 Å². The normalized spacial score (nSPS) is 12.2. The molecule has 0 saturated carbocycles. The van der Waals surface area contributed by atoms with Crippen LogP contribution in [-0.4, -0.2) is 52.3 Å². The van der Waals surface area contributed by atoms with Crippen LogP contribution in [0.25, 0.3) is 0 Å². The number of terminal acetylenes is 3. The molecule has 2 atom stereocenters. The molecule has 0 saturated heterocycles. The summed E-state index contributed by atoms with van der Waals surface area (Å²) in [7, 11) is -4.57. The Morgan fingerprint density at radius 2 is 1.35 bits per heavy atom. The van der Waals surface area contributed by atoms with E-state index in [0.29, 0.717) is 0 Å². The predicted molar refractivity (Wildman–Crippen MR) is 106 cm³/mol. The number of carbonyl (C=O) groups excluding carboxylic acids is 3. The average Bonchev–Trinajstić information content (AvgIpc) is 2.77. The van der Waals surface area contributed by atoms with E-state index in [0.717, 1.165) is 0 Å². The lowest BCUT2D eigenvalue weighted by Crippen LogP contribution is -2.42. The summed E-state index contributed by atoms with van der Waals surface area (Å²) in [6, 6.07) is 6.78. The van der Waals surface area contributed by atoms with Crippen molar-refractivity contribution in [3.63, 3.8) is 0 Å². The summed E-state index contributed by atoms with van der Waals surface area (Å²) < 4.78 is 44.4. The van der Waals surface area contributed by atoms with Gasteiger partial charge in [0.25, 0.3) is 10.1 Å². The Balaban J connectivity index is 3.32. The Bertz CT molecular complexity index is 1010. The fourth-order valence-corrected chi connectivity index (χ4v) is 3.23. The number of ether oxygens (including phenoxy) is 3. The molecule has 0 aliphatic rings. The highest BCUT2D eigenvalue weighted by Crippen LogP contribution is 2.23. The lowest BCUT2D eigenvalue weighted by atomic mass is 9.98. The van der Waals surface area contributed by atoms with Crippen LogP contribution in [0.15, 0.2) is 35.2 Å². The van der Waals surface area contributed by atoms with E-state index in [1.807, 2.05) is 17.8 Å². The third kappa shape index (κ3) is 8.23. The number of esters is 3. The summed E-state index contributed by atoms with van der Waals surface area (Å²) >= 11 is 0. The van der Waals surface area contributed by atoms with Gasteiger partial charge < -0.3 is 14.2 Å². The second kappa shape index (κ2) is 12.7. The topological polar surface area (TPSA) is 122 Å². The monoisotopic (exact) mass is 446 g/mol. The Labute approximate surface area is 180 Å². The summed E-state index contributed by atoms with van der Waals surface area (Å²) in [6.07, 6.45) is 12.1. The van der Waals surface area contributed by atoms with Crippen LogP contribution in [0.3, 0.4) is 0 Å². The molecule has 0 fully saturated rings. The van der Waals surface area contributed by atoms with E-state index in [4.69, 9.17) is 32.9 Å². The van der Waals surface area contributed by atoms with Crippen molar-refractivity contribution in [1.29, 1.82) is 0 Å². The molecule has 1 rings (SSSR count). The number of carbonyl (C=O) groups is 3. The van der Waals surface area contributed by atoms with E-state index in [-0.39, 0.29) is 4.90 Å². The Morgan fingerprint density at radius 3 is 1.90 bits per heavy atom. The molecule has 0 radical (unpaired) electrons. The van der Waals surface area contributed by atoms with Crippen molar-refractivity contribution < 1.29 is 41.2 Å². The maximum absolute atomic E-state index is 12.6. The van der Waals surface area contributed by atoms with E-state index in [2.05, 4.69) is 4.74 Å². The van der Waals surface area contributed by atoms with E-state index in [1.54, 1.807) is 6.07 Å². The molecule has 0 amide bonds. The van der Waals surface area contributed by atoms with Gasteiger partial charge in [-0.1, -0.05) is 36.0 Å². The summed E-state index contributed by atoms with van der Waals surface area (Å²) in [6.45, 7) is -1.47. The van der Waals surface area contributed by atoms with Crippen molar-refractivity contribution in [2.45, 2.75) is 17.4 Å². The minimum Gasteiger partial charge on any atom is -0.452 e. The van der Waals surface area contributed by atoms with Gasteiger partial charge in [0.1, 0.15) is 5.92 Å². The van der Waals surface area contributed by atoms with Crippen molar-refractivity contribution in [3.8, 4) is 37.0 Å². The molecule has 1 aromatic carbocycles. The summed E-state index contributed by atoms with van der Waals surface area (Å²) in [5.41, 5.74) is 0. The molecule has 0 bridgehead atoms. The van der Waals surface area contributed by atoms with Gasteiger partial charge in [-0.05, 0) is 12.1 Å². The van der Waals surface area contributed by atoms with Crippen LogP contribution in [0, 0.1) is 42.9 Å². The summed E-state index contributed by atoms with van der Waals surface area (Å²) in [5.74, 6) is 0.778. The van der Waals surface area contributed by atoms with Crippen LogP contribution in [-0.2, 0) is 42.9 Å². The summed E-state index contributed by atoms with van der Waals surface area (Å²) in [5, 5.41) is 0. The second-order valence-electron chi connectivity index (χ2n) is 5.58. The molecule has 31 heavy (non-hydrogen) atoms. The molecule has 0 aliphatic carbocycles. The highest BCUT2D eigenvalue weighted by atomic mass is 32.2. The van der Waals surface area contributed by atoms with Crippen molar-refractivity contribution >= 4 is 28.0 Å². The largest absolute Gasteiger partial charge is 0.452 e. The minimum absolute atomic E-state index is 0.310. The van der Waals surface area contributed by atoms with Gasteiger partial charge in [0.15, 0.2) is 25.9 Å². The second-order valence-corrected chi connectivity index (χ2v) is 7.16. The quantitative estimate of drug-likeness (QED) is 0.204. The number of benzene rings is 1. The van der Waals surface area contributed by atoms with Gasteiger partial charge in [-0.2, -0.15) is 8.42 Å². The Kier molecular flexibility index (Phi) is 10.4. The van der Waals surface area contributed by atoms with Gasteiger partial charge in [0, 0.05) is 0 Å². The van der Waals surface area contributed by atoms with Crippen LogP contribution < -0.4 is 0 Å². The zero-order chi connectivity index (χ0) is 23.3. The lowest BCUT2D eigenvalue weighted by Gasteiger charge is -2.23. The molecule has 162 valence electrons. The molecule has 0 heterocycles. The number of hydrogen-bond acceptors (Lipinski definition) is 9. The van der Waals surface area contributed by atoms with E-state index >= 15 is 0 Å². The lowest BCUT2D eigenvalue weighted by molar-refractivity contribution is -0.166. The Morgan fingerprint density at radius 1 is 0.839 bits per heavy atom. The van der Waals surface area contributed by atoms with E-state index in [9.17, 15) is 22.8 Å². The van der Waals surface area contributed by atoms with Gasteiger partial charge in [0.2, 0.25) is 0 Å². The van der Waals surface area contributed by atoms with Crippen LogP contribution in [0.5, 0.6) is 0 Å². The van der Waals surface area contributed by atoms with E-state index in [1.165, 1.54) is 24.3 Å². The average molecular weight is 446 g/mol. The molecule has 9 nitrogen and oxygen atoms in total. The molecule has 0 spiro atoms. The molecule has 0 aliphatic heterocycles. The molecule has 1 aromatic rings. The highest BCUT2D eigenvalue weighted by Gasteiger charge is 2.42. The zero-order valence-corrected chi connectivity index (χ0v) is 17.0. The molecular weight excluding hydrogens is 428 g/mol. The molecule has 10 heteroatoms. The highest BCUT2D eigenvalue weighted by molar-refractivity contribution is 7.86. The molecule has 0 N–H and O–H groups in total. The van der Waals surface area contributed by atoms with Crippen LogP contribution in [0.4, 0.5) is 0 Å². The molecule has 2 unspecified atom stereocenters. The standard InChI is InChI=1S/C21H18O9S/c1-4-12-27-18(22)15-17(20(23)28-13-5-2)19(21(24)29-14-6-3)30-31(25,26)16-10-8-7-9-11-16/h1-3,7-11,17,19H,12-15H2. The predicted octanol–water partition coefficient (Wildman–Crippen LogP) is 0.296. The SMILES string of the molecule is C#CCOC(=O)CC(C(=O)OCC#C)C(OS(=O)(=O)c1ccccc1)C(=O)OCC#C. The van der Waals surface area contributed by atoms with E-state index < -0.39 is 66.3 Å². The zero-order valence-electron chi connectivity index (χ0n) is 16.2. The third-order valence-corrected chi connectivity index (χ3v) is 4.77. The van der Waals surface area contributed by atoms with Crippen LogP contribution in [0.1, 0.15) is 6.42 Å². The molecule has 0 aromatic heterocycles. The van der Waals surface area contributed by atoms with Crippen molar-refractivity contribution in [2.24, 2.45) is 5.92 Å². The van der Waals surface area contributed by atoms with Crippen molar-refractivity contribution in [1.82, 2.24) is 0 Å². The van der Waals surface area contributed by atoms with Gasteiger partial charge in [-0.25, -0.2) is 4.79 Å². The minimum atomic E-state index is -4.57. The fourth-order valence-electron chi connectivity index (χ4n) is 2.14.